The Hall–Kier alpha value is -0.840. The van der Waals surface area contributed by atoms with E-state index in [1.54, 1.807) is 0 Å². The van der Waals surface area contributed by atoms with Crippen molar-refractivity contribution in [1.82, 2.24) is 10.2 Å². The monoisotopic (exact) mass is 294 g/mol. The molecule has 0 amide bonds. The van der Waals surface area contributed by atoms with E-state index >= 15 is 0 Å². The minimum Gasteiger partial charge on any atom is -0.465 e. The number of furan rings is 1. The second-order valence-electron chi connectivity index (χ2n) is 7.03. The van der Waals surface area contributed by atoms with E-state index in [2.05, 4.69) is 50.9 Å². The molecule has 2 heterocycles. The van der Waals surface area contributed by atoms with Gasteiger partial charge in [0.05, 0.1) is 19.3 Å². The summed E-state index contributed by atoms with van der Waals surface area (Å²) in [5.41, 5.74) is 1.41. The average molecular weight is 294 g/mol. The molecule has 0 saturated carbocycles. The number of aryl methyl sites for hydroxylation is 1. The van der Waals surface area contributed by atoms with E-state index in [9.17, 15) is 0 Å². The fourth-order valence-electron chi connectivity index (χ4n) is 2.60. The smallest absolute Gasteiger partial charge is 0.118 e. The van der Waals surface area contributed by atoms with Gasteiger partial charge in [-0.15, -0.1) is 0 Å². The van der Waals surface area contributed by atoms with Crippen LogP contribution in [0.1, 0.15) is 51.2 Å². The molecule has 4 heteroatoms. The van der Waals surface area contributed by atoms with Gasteiger partial charge < -0.3 is 14.5 Å². The summed E-state index contributed by atoms with van der Waals surface area (Å²) >= 11 is 0. The van der Waals surface area contributed by atoms with Gasteiger partial charge in [0.2, 0.25) is 0 Å². The number of hydrogen-bond donors (Lipinski definition) is 1. The number of ether oxygens (including phenoxy) is 1. The molecule has 2 rings (SSSR count). The van der Waals surface area contributed by atoms with Crippen LogP contribution in [-0.2, 0) is 17.8 Å². The standard InChI is InChI=1S/C17H30N2O2/c1-6-15-12-19(7-8-20-15)11-14-9-16(21-13(14)2)10-18-17(3,4)5/h9,15,18H,6-8,10-12H2,1-5H3. The molecule has 1 fully saturated rings. The number of nitrogens with zero attached hydrogens (tertiary/aromatic N) is 1. The van der Waals surface area contributed by atoms with Crippen LogP contribution >= 0.6 is 0 Å². The van der Waals surface area contributed by atoms with Crippen LogP contribution in [0.4, 0.5) is 0 Å². The summed E-state index contributed by atoms with van der Waals surface area (Å²) in [5.74, 6) is 2.07. The molecule has 1 aromatic heterocycles. The predicted molar refractivity (Wildman–Crippen MR) is 85.3 cm³/mol. The highest BCUT2D eigenvalue weighted by molar-refractivity contribution is 5.21. The van der Waals surface area contributed by atoms with Gasteiger partial charge in [-0.3, -0.25) is 4.90 Å². The Kier molecular flexibility index (Phi) is 5.47. The first kappa shape index (κ1) is 16.5. The zero-order chi connectivity index (χ0) is 15.5. The SMILES string of the molecule is CCC1CN(Cc2cc(CNC(C)(C)C)oc2C)CCO1. The first-order valence-corrected chi connectivity index (χ1v) is 8.04. The Bertz CT molecular complexity index is 448. The van der Waals surface area contributed by atoms with Gasteiger partial charge in [0, 0.05) is 30.7 Å². The zero-order valence-corrected chi connectivity index (χ0v) is 14.2. The summed E-state index contributed by atoms with van der Waals surface area (Å²) in [6, 6.07) is 2.20. The molecular formula is C17H30N2O2. The minimum absolute atomic E-state index is 0.111. The molecule has 1 unspecified atom stereocenters. The van der Waals surface area contributed by atoms with Crippen LogP contribution in [0.15, 0.2) is 10.5 Å². The lowest BCUT2D eigenvalue weighted by Gasteiger charge is -2.32. The van der Waals surface area contributed by atoms with Crippen molar-refractivity contribution in [2.24, 2.45) is 0 Å². The normalized spacial score (nSPS) is 20.9. The molecule has 1 aromatic rings. The van der Waals surface area contributed by atoms with Crippen LogP contribution in [-0.4, -0.2) is 36.2 Å². The second kappa shape index (κ2) is 6.95. The lowest BCUT2D eigenvalue weighted by Crippen LogP contribution is -2.41. The molecule has 1 atom stereocenters. The molecule has 0 bridgehead atoms. The van der Waals surface area contributed by atoms with Crippen LogP contribution in [0.25, 0.3) is 0 Å². The molecular weight excluding hydrogens is 264 g/mol. The molecule has 1 N–H and O–H groups in total. The van der Waals surface area contributed by atoms with E-state index < -0.39 is 0 Å². The van der Waals surface area contributed by atoms with E-state index in [1.165, 1.54) is 5.56 Å². The largest absolute Gasteiger partial charge is 0.465 e. The van der Waals surface area contributed by atoms with Gasteiger partial charge in [0.15, 0.2) is 0 Å². The van der Waals surface area contributed by atoms with E-state index in [1.807, 2.05) is 0 Å². The Morgan fingerprint density at radius 1 is 1.38 bits per heavy atom. The summed E-state index contributed by atoms with van der Waals surface area (Å²) in [6.45, 7) is 15.4. The summed E-state index contributed by atoms with van der Waals surface area (Å²) < 4.78 is 11.6. The second-order valence-corrected chi connectivity index (χ2v) is 7.03. The van der Waals surface area contributed by atoms with Crippen molar-refractivity contribution in [2.75, 3.05) is 19.7 Å². The van der Waals surface area contributed by atoms with Crippen LogP contribution < -0.4 is 5.32 Å². The van der Waals surface area contributed by atoms with Crippen molar-refractivity contribution in [3.63, 3.8) is 0 Å². The summed E-state index contributed by atoms with van der Waals surface area (Å²) in [5, 5.41) is 3.47. The van der Waals surface area contributed by atoms with Gasteiger partial charge in [-0.2, -0.15) is 0 Å². The molecule has 0 spiro atoms. The van der Waals surface area contributed by atoms with Crippen LogP contribution in [0.5, 0.6) is 0 Å². The molecule has 4 nitrogen and oxygen atoms in total. The number of morpholine rings is 1. The predicted octanol–water partition coefficient (Wildman–Crippen LogP) is 3.09. The Morgan fingerprint density at radius 2 is 2.14 bits per heavy atom. The van der Waals surface area contributed by atoms with Crippen molar-refractivity contribution < 1.29 is 9.15 Å². The maximum atomic E-state index is 5.88. The lowest BCUT2D eigenvalue weighted by molar-refractivity contribution is -0.0325. The fourth-order valence-corrected chi connectivity index (χ4v) is 2.60. The average Bonchev–Trinajstić information content (AvgIpc) is 2.77. The topological polar surface area (TPSA) is 37.6 Å². The quantitative estimate of drug-likeness (QED) is 0.905. The van der Waals surface area contributed by atoms with Gasteiger partial charge in [-0.1, -0.05) is 6.92 Å². The van der Waals surface area contributed by atoms with Gasteiger partial charge in [0.25, 0.3) is 0 Å². The highest BCUT2D eigenvalue weighted by Crippen LogP contribution is 2.19. The molecule has 0 aromatic carbocycles. The molecule has 120 valence electrons. The molecule has 0 radical (unpaired) electrons. The van der Waals surface area contributed by atoms with E-state index in [0.29, 0.717) is 6.10 Å². The number of rotatable bonds is 5. The first-order chi connectivity index (χ1) is 9.87. The van der Waals surface area contributed by atoms with Gasteiger partial charge in [-0.05, 0) is 40.2 Å². The summed E-state index contributed by atoms with van der Waals surface area (Å²) in [6.07, 6.45) is 1.47. The minimum atomic E-state index is 0.111. The van der Waals surface area contributed by atoms with E-state index in [4.69, 9.17) is 9.15 Å². The Morgan fingerprint density at radius 3 is 2.81 bits per heavy atom. The fraction of sp³-hybridized carbons (Fsp3) is 0.765. The number of hydrogen-bond acceptors (Lipinski definition) is 4. The summed E-state index contributed by atoms with van der Waals surface area (Å²) in [7, 11) is 0. The maximum Gasteiger partial charge on any atom is 0.118 e. The van der Waals surface area contributed by atoms with E-state index in [0.717, 1.165) is 50.7 Å². The van der Waals surface area contributed by atoms with E-state index in [-0.39, 0.29) is 5.54 Å². The van der Waals surface area contributed by atoms with Gasteiger partial charge >= 0.3 is 0 Å². The number of nitrogens with one attached hydrogen (secondary N) is 1. The third-order valence-corrected chi connectivity index (χ3v) is 3.94. The van der Waals surface area contributed by atoms with Crippen LogP contribution in [0.2, 0.25) is 0 Å². The van der Waals surface area contributed by atoms with Crippen LogP contribution in [0.3, 0.4) is 0 Å². The molecule has 1 saturated heterocycles. The molecule has 1 aliphatic rings. The van der Waals surface area contributed by atoms with Crippen molar-refractivity contribution >= 4 is 0 Å². The van der Waals surface area contributed by atoms with Gasteiger partial charge in [-0.25, -0.2) is 0 Å². The van der Waals surface area contributed by atoms with Crippen molar-refractivity contribution in [3.8, 4) is 0 Å². The molecule has 1 aliphatic heterocycles. The lowest BCUT2D eigenvalue weighted by atomic mass is 10.1. The Balaban J connectivity index is 1.92. The van der Waals surface area contributed by atoms with Crippen molar-refractivity contribution in [3.05, 3.63) is 23.2 Å². The highest BCUT2D eigenvalue weighted by atomic mass is 16.5. The molecule has 21 heavy (non-hydrogen) atoms. The Labute approximate surface area is 128 Å². The summed E-state index contributed by atoms with van der Waals surface area (Å²) in [4.78, 5) is 2.47. The zero-order valence-electron chi connectivity index (χ0n) is 14.2. The highest BCUT2D eigenvalue weighted by Gasteiger charge is 2.20. The van der Waals surface area contributed by atoms with Gasteiger partial charge in [0.1, 0.15) is 11.5 Å². The maximum absolute atomic E-state index is 5.88. The van der Waals surface area contributed by atoms with Crippen molar-refractivity contribution in [1.29, 1.82) is 0 Å². The molecule has 0 aliphatic carbocycles. The third-order valence-electron chi connectivity index (χ3n) is 3.94. The first-order valence-electron chi connectivity index (χ1n) is 8.04. The third kappa shape index (κ3) is 5.13. The van der Waals surface area contributed by atoms with Crippen LogP contribution in [0, 0.1) is 6.92 Å². The van der Waals surface area contributed by atoms with Crippen molar-refractivity contribution in [2.45, 2.75) is 65.8 Å².